The fourth-order valence-corrected chi connectivity index (χ4v) is 2.87. The zero-order valence-electron chi connectivity index (χ0n) is 10.7. The van der Waals surface area contributed by atoms with E-state index < -0.39 is 0 Å². The second-order valence-corrected chi connectivity index (χ2v) is 5.86. The van der Waals surface area contributed by atoms with Crippen LogP contribution in [0.3, 0.4) is 0 Å². The molecule has 16 heavy (non-hydrogen) atoms. The Morgan fingerprint density at radius 3 is 2.44 bits per heavy atom. The summed E-state index contributed by atoms with van der Waals surface area (Å²) in [6.07, 6.45) is 2.22. The number of fused-ring (bicyclic) bond motifs is 1. The Labute approximate surface area is 98.0 Å². The molecule has 0 heterocycles. The molecule has 0 aromatic heterocycles. The Hall–Kier alpha value is -1.18. The fourth-order valence-electron chi connectivity index (χ4n) is 2.87. The summed E-state index contributed by atoms with van der Waals surface area (Å²) >= 11 is 0. The van der Waals surface area contributed by atoms with Crippen LogP contribution >= 0.6 is 0 Å². The summed E-state index contributed by atoms with van der Waals surface area (Å²) < 4.78 is 0. The molecule has 0 fully saturated rings. The summed E-state index contributed by atoms with van der Waals surface area (Å²) in [5.74, 6) is 0.434. The highest BCUT2D eigenvalue weighted by molar-refractivity contribution is 5.70. The van der Waals surface area contributed by atoms with Gasteiger partial charge in [0.15, 0.2) is 0 Å². The molecule has 88 valence electrons. The van der Waals surface area contributed by atoms with Crippen molar-refractivity contribution in [3.63, 3.8) is 0 Å². The number of rotatable bonds is 1. The van der Waals surface area contributed by atoms with Crippen LogP contribution in [0, 0.1) is 0 Å². The van der Waals surface area contributed by atoms with Gasteiger partial charge in [-0.05, 0) is 46.9 Å². The van der Waals surface area contributed by atoms with Crippen LogP contribution in [-0.4, -0.2) is 0 Å². The molecule has 0 spiro atoms. The lowest BCUT2D eigenvalue weighted by atomic mass is 9.82. The lowest BCUT2D eigenvalue weighted by Crippen LogP contribution is -2.16. The monoisotopic (exact) mass is 218 g/mol. The van der Waals surface area contributed by atoms with Crippen LogP contribution in [0.2, 0.25) is 0 Å². The van der Waals surface area contributed by atoms with Crippen LogP contribution < -0.4 is 11.5 Å². The molecule has 0 radical (unpaired) electrons. The maximum absolute atomic E-state index is 6.32. The summed E-state index contributed by atoms with van der Waals surface area (Å²) in [5.41, 5.74) is 18.3. The lowest BCUT2D eigenvalue weighted by Gasteiger charge is -2.24. The SMILES string of the molecule is CC(C)c1cc(N)c2c(c1N)C(C)(C)CC2. The van der Waals surface area contributed by atoms with Crippen molar-refractivity contribution >= 4 is 11.4 Å². The molecule has 0 aliphatic heterocycles. The molecule has 1 aromatic carbocycles. The van der Waals surface area contributed by atoms with Gasteiger partial charge in [0.1, 0.15) is 0 Å². The van der Waals surface area contributed by atoms with Crippen LogP contribution in [0.4, 0.5) is 11.4 Å². The van der Waals surface area contributed by atoms with Crippen molar-refractivity contribution in [1.29, 1.82) is 0 Å². The van der Waals surface area contributed by atoms with Crippen LogP contribution in [0.1, 0.15) is 56.7 Å². The van der Waals surface area contributed by atoms with Gasteiger partial charge in [0, 0.05) is 11.4 Å². The summed E-state index contributed by atoms with van der Waals surface area (Å²) in [7, 11) is 0. The van der Waals surface area contributed by atoms with E-state index in [1.54, 1.807) is 0 Å². The fraction of sp³-hybridized carbons (Fsp3) is 0.571. The van der Waals surface area contributed by atoms with Gasteiger partial charge in [-0.3, -0.25) is 0 Å². The smallest absolute Gasteiger partial charge is 0.0391 e. The number of hydrogen-bond acceptors (Lipinski definition) is 2. The van der Waals surface area contributed by atoms with Gasteiger partial charge in [-0.1, -0.05) is 27.7 Å². The molecule has 0 amide bonds. The molecule has 2 heteroatoms. The maximum Gasteiger partial charge on any atom is 0.0391 e. The van der Waals surface area contributed by atoms with Gasteiger partial charge in [-0.2, -0.15) is 0 Å². The maximum atomic E-state index is 6.32. The van der Waals surface area contributed by atoms with E-state index in [2.05, 4.69) is 33.8 Å². The van der Waals surface area contributed by atoms with Gasteiger partial charge < -0.3 is 11.5 Å². The van der Waals surface area contributed by atoms with E-state index in [9.17, 15) is 0 Å². The van der Waals surface area contributed by atoms with E-state index in [0.717, 1.165) is 24.2 Å². The Morgan fingerprint density at radius 2 is 1.88 bits per heavy atom. The van der Waals surface area contributed by atoms with E-state index in [4.69, 9.17) is 11.5 Å². The number of nitrogen functional groups attached to an aromatic ring is 2. The number of hydrogen-bond donors (Lipinski definition) is 2. The standard InChI is InChI=1S/C14H22N2/c1-8(2)10-7-11(15)9-5-6-14(3,4)12(9)13(10)16/h7-8H,5-6,15-16H2,1-4H3. The first-order chi connectivity index (χ1) is 7.34. The molecule has 0 saturated heterocycles. The molecule has 4 N–H and O–H groups in total. The van der Waals surface area contributed by atoms with Crippen molar-refractivity contribution in [2.45, 2.75) is 51.9 Å². The number of benzene rings is 1. The summed E-state index contributed by atoms with van der Waals surface area (Å²) in [5, 5.41) is 0. The zero-order valence-corrected chi connectivity index (χ0v) is 10.7. The van der Waals surface area contributed by atoms with Crippen LogP contribution in [0.15, 0.2) is 6.07 Å². The highest BCUT2D eigenvalue weighted by Gasteiger charge is 2.34. The van der Waals surface area contributed by atoms with Crippen molar-refractivity contribution < 1.29 is 0 Å². The minimum atomic E-state index is 0.179. The topological polar surface area (TPSA) is 52.0 Å². The van der Waals surface area contributed by atoms with Crippen LogP contribution in [0.5, 0.6) is 0 Å². The Balaban J connectivity index is 2.72. The predicted molar refractivity (Wildman–Crippen MR) is 70.7 cm³/mol. The molecule has 2 rings (SSSR count). The van der Waals surface area contributed by atoms with Gasteiger partial charge in [0.05, 0.1) is 0 Å². The molecule has 0 unspecified atom stereocenters. The second-order valence-electron chi connectivity index (χ2n) is 5.86. The molecular formula is C14H22N2. The van der Waals surface area contributed by atoms with Gasteiger partial charge in [-0.25, -0.2) is 0 Å². The van der Waals surface area contributed by atoms with E-state index in [1.807, 2.05) is 0 Å². The molecular weight excluding hydrogens is 196 g/mol. The van der Waals surface area contributed by atoms with Crippen molar-refractivity contribution in [1.82, 2.24) is 0 Å². The van der Waals surface area contributed by atoms with Gasteiger partial charge in [0.25, 0.3) is 0 Å². The Morgan fingerprint density at radius 1 is 1.25 bits per heavy atom. The molecule has 0 saturated carbocycles. The predicted octanol–water partition coefficient (Wildman–Crippen LogP) is 3.20. The van der Waals surface area contributed by atoms with Crippen molar-refractivity contribution in [2.75, 3.05) is 11.5 Å². The van der Waals surface area contributed by atoms with Gasteiger partial charge in [-0.15, -0.1) is 0 Å². The quantitative estimate of drug-likeness (QED) is 0.711. The second kappa shape index (κ2) is 3.41. The first-order valence-corrected chi connectivity index (χ1v) is 6.06. The third-order valence-corrected chi connectivity index (χ3v) is 3.84. The van der Waals surface area contributed by atoms with Crippen LogP contribution in [0.25, 0.3) is 0 Å². The number of nitrogens with two attached hydrogens (primary N) is 2. The number of anilines is 2. The van der Waals surface area contributed by atoms with Crippen molar-refractivity contribution in [3.8, 4) is 0 Å². The molecule has 2 nitrogen and oxygen atoms in total. The van der Waals surface area contributed by atoms with Crippen LogP contribution in [-0.2, 0) is 11.8 Å². The first-order valence-electron chi connectivity index (χ1n) is 6.06. The molecule has 1 aliphatic rings. The zero-order chi connectivity index (χ0) is 12.1. The highest BCUT2D eigenvalue weighted by Crippen LogP contribution is 2.46. The van der Waals surface area contributed by atoms with E-state index >= 15 is 0 Å². The molecule has 0 bridgehead atoms. The largest absolute Gasteiger partial charge is 0.398 e. The minimum absolute atomic E-state index is 0.179. The summed E-state index contributed by atoms with van der Waals surface area (Å²) in [6, 6.07) is 2.07. The normalized spacial score (nSPS) is 17.8. The van der Waals surface area contributed by atoms with Crippen molar-refractivity contribution in [3.05, 3.63) is 22.8 Å². The third-order valence-electron chi connectivity index (χ3n) is 3.84. The van der Waals surface area contributed by atoms with Gasteiger partial charge in [0.2, 0.25) is 0 Å². The third kappa shape index (κ3) is 1.48. The molecule has 1 aliphatic carbocycles. The van der Waals surface area contributed by atoms with E-state index in [0.29, 0.717) is 5.92 Å². The first kappa shape index (κ1) is 11.3. The van der Waals surface area contributed by atoms with E-state index in [1.165, 1.54) is 16.7 Å². The van der Waals surface area contributed by atoms with E-state index in [-0.39, 0.29) is 5.41 Å². The minimum Gasteiger partial charge on any atom is -0.398 e. The van der Waals surface area contributed by atoms with Crippen molar-refractivity contribution in [2.24, 2.45) is 0 Å². The molecule has 1 aromatic rings. The summed E-state index contributed by atoms with van der Waals surface area (Å²) in [4.78, 5) is 0. The Kier molecular flexibility index (Phi) is 2.41. The highest BCUT2D eigenvalue weighted by atomic mass is 14.6. The lowest BCUT2D eigenvalue weighted by molar-refractivity contribution is 0.523. The average Bonchev–Trinajstić information content (AvgIpc) is 2.48. The Bertz CT molecular complexity index is 431. The summed E-state index contributed by atoms with van der Waals surface area (Å²) in [6.45, 7) is 8.86. The van der Waals surface area contributed by atoms with Gasteiger partial charge >= 0.3 is 0 Å². The molecule has 0 atom stereocenters. The average molecular weight is 218 g/mol.